The number of hydrogen-bond donors (Lipinski definition) is 0. The lowest BCUT2D eigenvalue weighted by Gasteiger charge is -2.09. The van der Waals surface area contributed by atoms with Gasteiger partial charge in [-0.2, -0.15) is 0 Å². The van der Waals surface area contributed by atoms with E-state index in [1.54, 1.807) is 25.3 Å². The van der Waals surface area contributed by atoms with Crippen LogP contribution in [0.2, 0.25) is 0 Å². The number of benzene rings is 1. The Kier molecular flexibility index (Phi) is 5.38. The summed E-state index contributed by atoms with van der Waals surface area (Å²) < 4.78 is 10.4. The van der Waals surface area contributed by atoms with Crippen LogP contribution in [0.1, 0.15) is 21.9 Å². The number of carbonyl (C=O) groups excluding carboxylic acids is 1. The summed E-state index contributed by atoms with van der Waals surface area (Å²) in [6, 6.07) is 7.05. The van der Waals surface area contributed by atoms with Gasteiger partial charge in [-0.05, 0) is 32.0 Å². The van der Waals surface area contributed by atoms with Crippen LogP contribution in [-0.2, 0) is 0 Å². The molecule has 2 aromatic rings. The van der Waals surface area contributed by atoms with Gasteiger partial charge in [-0.25, -0.2) is 9.97 Å². The minimum atomic E-state index is -0.0154. The molecule has 0 saturated carbocycles. The molecule has 0 spiro atoms. The van der Waals surface area contributed by atoms with Crippen LogP contribution in [0.15, 0.2) is 29.3 Å². The molecule has 0 aliphatic rings. The number of aromatic nitrogens is 2. The number of ether oxygens (including phenoxy) is 2. The second-order valence-corrected chi connectivity index (χ2v) is 5.67. The van der Waals surface area contributed by atoms with Gasteiger partial charge in [0.15, 0.2) is 5.78 Å². The van der Waals surface area contributed by atoms with Gasteiger partial charge in [0.25, 0.3) is 0 Å². The third-order valence-corrected chi connectivity index (χ3v) is 3.91. The van der Waals surface area contributed by atoms with Crippen LogP contribution in [0.25, 0.3) is 0 Å². The molecule has 6 heteroatoms. The maximum atomic E-state index is 12.4. The highest BCUT2D eigenvalue weighted by molar-refractivity contribution is 7.99. The fourth-order valence-corrected chi connectivity index (χ4v) is 2.89. The Hall–Kier alpha value is -2.08. The quantitative estimate of drug-likeness (QED) is 0.463. The summed E-state index contributed by atoms with van der Waals surface area (Å²) >= 11 is 1.39. The first-order valence-corrected chi connectivity index (χ1v) is 7.72. The number of rotatable bonds is 6. The smallest absolute Gasteiger partial charge is 0.176 e. The molecule has 0 bridgehead atoms. The van der Waals surface area contributed by atoms with E-state index in [-0.39, 0.29) is 5.78 Å². The molecule has 116 valence electrons. The summed E-state index contributed by atoms with van der Waals surface area (Å²) in [7, 11) is 3.11. The molecule has 1 heterocycles. The first kappa shape index (κ1) is 16.3. The van der Waals surface area contributed by atoms with E-state index < -0.39 is 0 Å². The van der Waals surface area contributed by atoms with Crippen molar-refractivity contribution < 1.29 is 14.3 Å². The van der Waals surface area contributed by atoms with Crippen LogP contribution in [0.5, 0.6) is 11.5 Å². The summed E-state index contributed by atoms with van der Waals surface area (Å²) in [5.41, 5.74) is 1.43. The van der Waals surface area contributed by atoms with Crippen molar-refractivity contribution in [2.75, 3.05) is 20.0 Å². The van der Waals surface area contributed by atoms with Gasteiger partial charge in [0, 0.05) is 11.8 Å². The molecule has 22 heavy (non-hydrogen) atoms. The van der Waals surface area contributed by atoms with Crippen LogP contribution >= 0.6 is 11.8 Å². The number of ketones is 1. The predicted molar refractivity (Wildman–Crippen MR) is 86.1 cm³/mol. The molecule has 0 aliphatic heterocycles. The van der Waals surface area contributed by atoms with E-state index in [0.717, 1.165) is 10.7 Å². The lowest BCUT2D eigenvalue weighted by atomic mass is 10.1. The number of thioether (sulfide) groups is 1. The van der Waals surface area contributed by atoms with Gasteiger partial charge in [-0.3, -0.25) is 4.79 Å². The van der Waals surface area contributed by atoms with Crippen LogP contribution in [0.3, 0.4) is 0 Å². The molecule has 0 atom stereocenters. The van der Waals surface area contributed by atoms with Crippen LogP contribution in [-0.4, -0.2) is 35.7 Å². The monoisotopic (exact) mass is 318 g/mol. The van der Waals surface area contributed by atoms with Gasteiger partial charge in [0.05, 0.1) is 25.5 Å². The van der Waals surface area contributed by atoms with Crippen molar-refractivity contribution in [3.05, 3.63) is 41.3 Å². The zero-order chi connectivity index (χ0) is 16.1. The Labute approximate surface area is 134 Å². The first-order chi connectivity index (χ1) is 10.5. The molecule has 0 aliphatic carbocycles. The standard InChI is InChI=1S/C16H18N2O3S/c1-10-7-16(18-11(2)17-10)22-9-14(19)13-6-5-12(20-3)8-15(13)21-4/h5-8H,9H2,1-4H3. The number of aryl methyl sites for hydroxylation is 2. The second-order valence-electron chi connectivity index (χ2n) is 4.67. The molecule has 5 nitrogen and oxygen atoms in total. The number of methoxy groups -OCH3 is 2. The van der Waals surface area contributed by atoms with E-state index in [4.69, 9.17) is 9.47 Å². The molecule has 1 aromatic heterocycles. The number of carbonyl (C=O) groups is 1. The topological polar surface area (TPSA) is 61.3 Å². The van der Waals surface area contributed by atoms with Crippen molar-refractivity contribution in [2.24, 2.45) is 0 Å². The Morgan fingerprint density at radius 2 is 1.91 bits per heavy atom. The van der Waals surface area contributed by atoms with Gasteiger partial charge in [-0.1, -0.05) is 11.8 Å². The van der Waals surface area contributed by atoms with E-state index in [1.165, 1.54) is 18.9 Å². The largest absolute Gasteiger partial charge is 0.497 e. The Morgan fingerprint density at radius 1 is 1.14 bits per heavy atom. The van der Waals surface area contributed by atoms with Crippen molar-refractivity contribution in [2.45, 2.75) is 18.9 Å². The highest BCUT2D eigenvalue weighted by Crippen LogP contribution is 2.27. The van der Waals surface area contributed by atoms with Gasteiger partial charge >= 0.3 is 0 Å². The number of nitrogens with zero attached hydrogens (tertiary/aromatic N) is 2. The normalized spacial score (nSPS) is 10.4. The lowest BCUT2D eigenvalue weighted by molar-refractivity contribution is 0.101. The highest BCUT2D eigenvalue weighted by atomic mass is 32.2. The van der Waals surface area contributed by atoms with Crippen molar-refractivity contribution >= 4 is 17.5 Å². The van der Waals surface area contributed by atoms with Crippen molar-refractivity contribution in [3.63, 3.8) is 0 Å². The summed E-state index contributed by atoms with van der Waals surface area (Å²) in [6.45, 7) is 3.75. The first-order valence-electron chi connectivity index (χ1n) is 6.74. The minimum Gasteiger partial charge on any atom is -0.497 e. The SMILES string of the molecule is COc1ccc(C(=O)CSc2cc(C)nc(C)n2)c(OC)c1. The average Bonchev–Trinajstić information content (AvgIpc) is 2.51. The molecule has 0 N–H and O–H groups in total. The average molecular weight is 318 g/mol. The van der Waals surface area contributed by atoms with Gasteiger partial charge < -0.3 is 9.47 Å². The van der Waals surface area contributed by atoms with Crippen LogP contribution < -0.4 is 9.47 Å². The second kappa shape index (κ2) is 7.26. The summed E-state index contributed by atoms with van der Waals surface area (Å²) in [5, 5.41) is 0.797. The van der Waals surface area contributed by atoms with E-state index >= 15 is 0 Å². The molecule has 1 aromatic carbocycles. The molecule has 0 unspecified atom stereocenters. The van der Waals surface area contributed by atoms with Gasteiger partial charge in [-0.15, -0.1) is 0 Å². The highest BCUT2D eigenvalue weighted by Gasteiger charge is 2.14. The third kappa shape index (κ3) is 3.98. The van der Waals surface area contributed by atoms with E-state index in [1.807, 2.05) is 19.9 Å². The Bertz CT molecular complexity index is 669. The number of hydrogen-bond acceptors (Lipinski definition) is 6. The van der Waals surface area contributed by atoms with Gasteiger partial charge in [0.1, 0.15) is 22.3 Å². The van der Waals surface area contributed by atoms with Crippen molar-refractivity contribution in [1.82, 2.24) is 9.97 Å². The summed E-state index contributed by atoms with van der Waals surface area (Å²) in [5.74, 6) is 2.15. The molecule has 0 fully saturated rings. The molecule has 0 saturated heterocycles. The maximum absolute atomic E-state index is 12.4. The van der Waals surface area contributed by atoms with Crippen LogP contribution in [0.4, 0.5) is 0 Å². The zero-order valence-corrected chi connectivity index (χ0v) is 13.9. The molecular weight excluding hydrogens is 300 g/mol. The molecule has 2 rings (SSSR count). The van der Waals surface area contributed by atoms with E-state index in [2.05, 4.69) is 9.97 Å². The number of Topliss-reactive ketones (excluding diaryl/α,β-unsaturated/α-hetero) is 1. The van der Waals surface area contributed by atoms with Crippen molar-refractivity contribution in [3.8, 4) is 11.5 Å². The van der Waals surface area contributed by atoms with Crippen LogP contribution in [0, 0.1) is 13.8 Å². The zero-order valence-electron chi connectivity index (χ0n) is 13.0. The van der Waals surface area contributed by atoms with Crippen molar-refractivity contribution in [1.29, 1.82) is 0 Å². The maximum Gasteiger partial charge on any atom is 0.176 e. The summed E-state index contributed by atoms with van der Waals surface area (Å²) in [4.78, 5) is 20.9. The summed E-state index contributed by atoms with van der Waals surface area (Å²) in [6.07, 6.45) is 0. The third-order valence-electron chi connectivity index (χ3n) is 3.00. The molecule has 0 amide bonds. The lowest BCUT2D eigenvalue weighted by Crippen LogP contribution is -2.06. The minimum absolute atomic E-state index is 0.0154. The fourth-order valence-electron chi connectivity index (χ4n) is 2.00. The molecular formula is C16H18N2O3S. The van der Waals surface area contributed by atoms with E-state index in [9.17, 15) is 4.79 Å². The fraction of sp³-hybridized carbons (Fsp3) is 0.312. The van der Waals surface area contributed by atoms with E-state index in [0.29, 0.717) is 28.6 Å². The van der Waals surface area contributed by atoms with Gasteiger partial charge in [0.2, 0.25) is 0 Å². The predicted octanol–water partition coefficient (Wildman–Crippen LogP) is 3.09. The molecule has 0 radical (unpaired) electrons. The Balaban J connectivity index is 2.12. The Morgan fingerprint density at radius 3 is 2.55 bits per heavy atom.